The fourth-order valence-corrected chi connectivity index (χ4v) is 4.44. The molecule has 1 aliphatic carbocycles. The third-order valence-corrected chi connectivity index (χ3v) is 6.12. The number of nitrogens with zero attached hydrogens (tertiary/aromatic N) is 2. The SMILES string of the molecule is Cl.Cl.O=C(c1csc(C2CC2)n1)N1CCC2(CCNC2)CC1. The van der Waals surface area contributed by atoms with E-state index in [1.54, 1.807) is 11.3 Å². The fourth-order valence-electron chi connectivity index (χ4n) is 3.47. The Morgan fingerprint density at radius 2 is 2.00 bits per heavy atom. The van der Waals surface area contributed by atoms with Gasteiger partial charge in [0.1, 0.15) is 5.69 Å². The molecular formula is C15H23Cl2N3OS. The lowest BCUT2D eigenvalue weighted by molar-refractivity contribution is 0.0602. The maximum Gasteiger partial charge on any atom is 0.273 e. The van der Waals surface area contributed by atoms with Crippen molar-refractivity contribution in [3.8, 4) is 0 Å². The molecule has 3 fully saturated rings. The molecular weight excluding hydrogens is 341 g/mol. The summed E-state index contributed by atoms with van der Waals surface area (Å²) in [5, 5.41) is 6.59. The van der Waals surface area contributed by atoms with Crippen molar-refractivity contribution < 1.29 is 4.79 Å². The number of nitrogens with one attached hydrogen (secondary N) is 1. The Morgan fingerprint density at radius 3 is 2.59 bits per heavy atom. The summed E-state index contributed by atoms with van der Waals surface area (Å²) in [5.74, 6) is 0.796. The highest BCUT2D eigenvalue weighted by Crippen LogP contribution is 2.42. The second-order valence-corrected chi connectivity index (χ2v) is 7.45. The van der Waals surface area contributed by atoms with Gasteiger partial charge in [-0.25, -0.2) is 4.98 Å². The van der Waals surface area contributed by atoms with Crippen LogP contribution in [0.15, 0.2) is 5.38 Å². The van der Waals surface area contributed by atoms with Gasteiger partial charge in [0.2, 0.25) is 0 Å². The van der Waals surface area contributed by atoms with Crippen LogP contribution < -0.4 is 5.32 Å². The number of likely N-dealkylation sites (tertiary alicyclic amines) is 1. The van der Waals surface area contributed by atoms with Crippen molar-refractivity contribution in [3.63, 3.8) is 0 Å². The minimum absolute atomic E-state index is 0. The molecule has 3 heterocycles. The largest absolute Gasteiger partial charge is 0.337 e. The normalized spacial score (nSPS) is 23.0. The minimum atomic E-state index is 0. The minimum Gasteiger partial charge on any atom is -0.337 e. The summed E-state index contributed by atoms with van der Waals surface area (Å²) in [4.78, 5) is 19.1. The summed E-state index contributed by atoms with van der Waals surface area (Å²) in [6.45, 7) is 4.08. The van der Waals surface area contributed by atoms with Gasteiger partial charge in [0.05, 0.1) is 5.01 Å². The molecule has 1 amide bonds. The van der Waals surface area contributed by atoms with Crippen molar-refractivity contribution in [2.45, 2.75) is 38.0 Å². The van der Waals surface area contributed by atoms with Crippen LogP contribution in [0.3, 0.4) is 0 Å². The molecule has 2 saturated heterocycles. The number of amides is 1. The van der Waals surface area contributed by atoms with Crippen LogP contribution in [0.4, 0.5) is 0 Å². The Balaban J connectivity index is 0.000000882. The van der Waals surface area contributed by atoms with Gasteiger partial charge in [-0.15, -0.1) is 36.2 Å². The lowest BCUT2D eigenvalue weighted by Crippen LogP contribution is -2.44. The van der Waals surface area contributed by atoms with E-state index in [1.807, 2.05) is 10.3 Å². The maximum atomic E-state index is 12.5. The van der Waals surface area contributed by atoms with E-state index in [2.05, 4.69) is 10.3 Å². The van der Waals surface area contributed by atoms with Gasteiger partial charge in [0.25, 0.3) is 5.91 Å². The summed E-state index contributed by atoms with van der Waals surface area (Å²) >= 11 is 1.66. The van der Waals surface area contributed by atoms with E-state index in [-0.39, 0.29) is 30.7 Å². The standard InChI is InChI=1S/C15H21N3OS.2ClH/c19-14(12-9-20-13(17-12)11-1-2-11)18-7-4-15(5-8-18)3-6-16-10-15;;/h9,11,16H,1-8,10H2;2*1H. The van der Waals surface area contributed by atoms with E-state index >= 15 is 0 Å². The Morgan fingerprint density at radius 1 is 1.27 bits per heavy atom. The predicted octanol–water partition coefficient (Wildman–Crippen LogP) is 3.08. The molecule has 1 N–H and O–H groups in total. The molecule has 3 aliphatic rings. The smallest absolute Gasteiger partial charge is 0.273 e. The summed E-state index contributed by atoms with van der Waals surface area (Å²) in [7, 11) is 0. The van der Waals surface area contributed by atoms with Crippen molar-refractivity contribution in [1.82, 2.24) is 15.2 Å². The van der Waals surface area contributed by atoms with Crippen LogP contribution in [0.2, 0.25) is 0 Å². The number of halogens is 2. The molecule has 1 aromatic heterocycles. The van der Waals surface area contributed by atoms with Gasteiger partial charge in [-0.2, -0.15) is 0 Å². The van der Waals surface area contributed by atoms with Crippen LogP contribution in [0, 0.1) is 5.41 Å². The summed E-state index contributed by atoms with van der Waals surface area (Å²) in [6, 6.07) is 0. The van der Waals surface area contributed by atoms with E-state index < -0.39 is 0 Å². The Hall–Kier alpha value is -0.360. The van der Waals surface area contributed by atoms with Gasteiger partial charge in [0, 0.05) is 30.9 Å². The molecule has 22 heavy (non-hydrogen) atoms. The van der Waals surface area contributed by atoms with Crippen LogP contribution in [0.5, 0.6) is 0 Å². The number of hydrogen-bond acceptors (Lipinski definition) is 4. The molecule has 4 nitrogen and oxygen atoms in total. The summed E-state index contributed by atoms with van der Waals surface area (Å²) < 4.78 is 0. The molecule has 0 bridgehead atoms. The van der Waals surface area contributed by atoms with E-state index in [0.29, 0.717) is 17.0 Å². The van der Waals surface area contributed by atoms with Crippen molar-refractivity contribution in [2.24, 2.45) is 5.41 Å². The first-order valence-corrected chi connectivity index (χ1v) is 8.59. The number of aromatic nitrogens is 1. The van der Waals surface area contributed by atoms with Gasteiger partial charge in [-0.3, -0.25) is 4.79 Å². The fraction of sp³-hybridized carbons (Fsp3) is 0.733. The molecule has 0 atom stereocenters. The molecule has 0 aromatic carbocycles. The zero-order valence-electron chi connectivity index (χ0n) is 12.5. The van der Waals surface area contributed by atoms with Gasteiger partial charge in [-0.1, -0.05) is 0 Å². The van der Waals surface area contributed by atoms with E-state index in [0.717, 1.165) is 39.0 Å². The predicted molar refractivity (Wildman–Crippen MR) is 93.6 cm³/mol. The summed E-state index contributed by atoms with van der Waals surface area (Å²) in [6.07, 6.45) is 6.06. The van der Waals surface area contributed by atoms with E-state index in [9.17, 15) is 4.79 Å². The Bertz CT molecular complexity index is 517. The van der Waals surface area contributed by atoms with Crippen LogP contribution in [0.1, 0.15) is 53.5 Å². The zero-order chi connectivity index (χ0) is 13.6. The van der Waals surface area contributed by atoms with Crippen LogP contribution >= 0.6 is 36.2 Å². The average Bonchev–Trinajstić information content (AvgIpc) is 3.04. The third kappa shape index (κ3) is 3.42. The summed E-state index contributed by atoms with van der Waals surface area (Å²) in [5.41, 5.74) is 1.15. The first kappa shape index (κ1) is 18.0. The molecule has 0 unspecified atom stereocenters. The molecule has 1 aromatic rings. The molecule has 0 radical (unpaired) electrons. The molecule has 2 aliphatic heterocycles. The maximum absolute atomic E-state index is 12.5. The molecule has 7 heteroatoms. The van der Waals surface area contributed by atoms with Crippen molar-refractivity contribution in [2.75, 3.05) is 26.2 Å². The third-order valence-electron chi connectivity index (χ3n) is 5.11. The lowest BCUT2D eigenvalue weighted by atomic mass is 9.78. The monoisotopic (exact) mass is 363 g/mol. The quantitative estimate of drug-likeness (QED) is 0.877. The van der Waals surface area contributed by atoms with Crippen molar-refractivity contribution in [1.29, 1.82) is 0 Å². The van der Waals surface area contributed by atoms with E-state index in [4.69, 9.17) is 0 Å². The first-order valence-electron chi connectivity index (χ1n) is 7.71. The highest BCUT2D eigenvalue weighted by Gasteiger charge is 2.38. The van der Waals surface area contributed by atoms with Gasteiger partial charge < -0.3 is 10.2 Å². The number of carbonyl (C=O) groups is 1. The Kier molecular flexibility index (Phi) is 5.75. The van der Waals surface area contributed by atoms with Crippen LogP contribution in [-0.2, 0) is 0 Å². The van der Waals surface area contributed by atoms with Crippen LogP contribution in [-0.4, -0.2) is 42.0 Å². The molecule has 1 spiro atoms. The molecule has 1 saturated carbocycles. The van der Waals surface area contributed by atoms with Gasteiger partial charge in [0.15, 0.2) is 0 Å². The van der Waals surface area contributed by atoms with Crippen LogP contribution in [0.25, 0.3) is 0 Å². The van der Waals surface area contributed by atoms with Gasteiger partial charge >= 0.3 is 0 Å². The number of hydrogen-bond donors (Lipinski definition) is 1. The Labute approximate surface area is 147 Å². The van der Waals surface area contributed by atoms with Gasteiger partial charge in [-0.05, 0) is 44.1 Å². The highest BCUT2D eigenvalue weighted by molar-refractivity contribution is 7.10. The van der Waals surface area contributed by atoms with Crippen molar-refractivity contribution >= 4 is 42.1 Å². The number of carbonyl (C=O) groups excluding carboxylic acids is 1. The number of piperidine rings is 1. The zero-order valence-corrected chi connectivity index (χ0v) is 15.0. The second kappa shape index (κ2) is 7.04. The van der Waals surface area contributed by atoms with Crippen molar-refractivity contribution in [3.05, 3.63) is 16.1 Å². The number of rotatable bonds is 2. The molecule has 4 rings (SSSR count). The second-order valence-electron chi connectivity index (χ2n) is 6.56. The molecule has 124 valence electrons. The lowest BCUT2D eigenvalue weighted by Gasteiger charge is -2.38. The highest BCUT2D eigenvalue weighted by atomic mass is 35.5. The topological polar surface area (TPSA) is 45.2 Å². The first-order chi connectivity index (χ1) is 9.76. The van der Waals surface area contributed by atoms with E-state index in [1.165, 1.54) is 24.3 Å². The number of thiazole rings is 1. The average molecular weight is 364 g/mol.